The van der Waals surface area contributed by atoms with Gasteiger partial charge in [-0.3, -0.25) is 9.88 Å². The number of thiocarbonyl (C=S) groups is 1. The number of ether oxygens (including phenoxy) is 1. The van der Waals surface area contributed by atoms with Gasteiger partial charge in [-0.15, -0.1) is 0 Å². The Morgan fingerprint density at radius 2 is 2.59 bits per heavy atom. The fourth-order valence-corrected chi connectivity index (χ4v) is 1.69. The van der Waals surface area contributed by atoms with Crippen molar-refractivity contribution in [2.75, 3.05) is 18.0 Å². The summed E-state index contributed by atoms with van der Waals surface area (Å²) in [7, 11) is 0. The fourth-order valence-electron chi connectivity index (χ4n) is 1.61. The van der Waals surface area contributed by atoms with Crippen LogP contribution in [-0.4, -0.2) is 35.3 Å². The number of carbonyl (C=O) groups is 1. The van der Waals surface area contributed by atoms with Crippen molar-refractivity contribution in [1.82, 2.24) is 10.3 Å². The third kappa shape index (κ3) is 2.91. The van der Waals surface area contributed by atoms with Crippen molar-refractivity contribution < 1.29 is 9.53 Å². The van der Waals surface area contributed by atoms with E-state index in [0.29, 0.717) is 18.1 Å². The molecular weight excluding hydrogens is 238 g/mol. The highest BCUT2D eigenvalue weighted by atomic mass is 32.1. The van der Waals surface area contributed by atoms with Crippen molar-refractivity contribution in [3.8, 4) is 0 Å². The maximum Gasteiger partial charge on any atom is 0.414 e. The van der Waals surface area contributed by atoms with Crippen LogP contribution in [0.1, 0.15) is 6.92 Å². The highest BCUT2D eigenvalue weighted by Gasteiger charge is 2.32. The highest BCUT2D eigenvalue weighted by molar-refractivity contribution is 7.80. The molecule has 0 radical (unpaired) electrons. The zero-order chi connectivity index (χ0) is 12.3. The minimum absolute atomic E-state index is 0.180. The molecule has 1 atom stereocenters. The van der Waals surface area contributed by atoms with E-state index in [2.05, 4.69) is 10.3 Å². The molecule has 1 aromatic heterocycles. The van der Waals surface area contributed by atoms with Gasteiger partial charge in [0.15, 0.2) is 0 Å². The van der Waals surface area contributed by atoms with E-state index in [1.807, 2.05) is 6.07 Å². The molecule has 1 saturated heterocycles. The normalized spacial score (nSPS) is 19.0. The third-order valence-corrected chi connectivity index (χ3v) is 2.55. The molecular formula is C11H13N3O2S. The minimum Gasteiger partial charge on any atom is -0.442 e. The SMILES string of the molecule is CC(=S)NC[C@H]1CN(c2cccnc2)C(=O)O1. The van der Waals surface area contributed by atoms with Crippen LogP contribution in [0.25, 0.3) is 0 Å². The molecule has 2 rings (SSSR count). The van der Waals surface area contributed by atoms with Gasteiger partial charge in [-0.1, -0.05) is 12.2 Å². The molecule has 1 amide bonds. The summed E-state index contributed by atoms with van der Waals surface area (Å²) < 4.78 is 5.22. The Hall–Kier alpha value is -1.69. The summed E-state index contributed by atoms with van der Waals surface area (Å²) in [5.74, 6) is 0. The monoisotopic (exact) mass is 251 g/mol. The number of anilines is 1. The van der Waals surface area contributed by atoms with E-state index in [1.54, 1.807) is 30.3 Å². The molecule has 0 unspecified atom stereocenters. The number of hydrogen-bond acceptors (Lipinski definition) is 4. The standard InChI is InChI=1S/C11H13N3O2S/c1-8(17)13-6-10-7-14(11(15)16-10)9-3-2-4-12-5-9/h2-5,10H,6-7H2,1H3,(H,13,17)/t10-/m0/s1. The second-order valence-electron chi connectivity index (χ2n) is 3.76. The largest absolute Gasteiger partial charge is 0.442 e. The topological polar surface area (TPSA) is 54.5 Å². The first-order valence-corrected chi connectivity index (χ1v) is 5.70. The Morgan fingerprint density at radius 1 is 1.76 bits per heavy atom. The van der Waals surface area contributed by atoms with Gasteiger partial charge in [0.1, 0.15) is 6.10 Å². The Labute approximate surface area is 105 Å². The smallest absolute Gasteiger partial charge is 0.414 e. The number of cyclic esters (lactones) is 1. The number of carbonyl (C=O) groups excluding carboxylic acids is 1. The van der Waals surface area contributed by atoms with Crippen LogP contribution >= 0.6 is 12.2 Å². The number of amides is 1. The van der Waals surface area contributed by atoms with Gasteiger partial charge < -0.3 is 10.1 Å². The van der Waals surface area contributed by atoms with E-state index in [-0.39, 0.29) is 12.2 Å². The predicted octanol–water partition coefficient (Wildman–Crippen LogP) is 1.34. The summed E-state index contributed by atoms with van der Waals surface area (Å²) in [5, 5.41) is 2.99. The van der Waals surface area contributed by atoms with E-state index >= 15 is 0 Å². The zero-order valence-corrected chi connectivity index (χ0v) is 10.2. The molecule has 1 fully saturated rings. The Balaban J connectivity index is 1.98. The first-order chi connectivity index (χ1) is 8.16. The number of rotatable bonds is 3. The lowest BCUT2D eigenvalue weighted by Crippen LogP contribution is -2.32. The van der Waals surface area contributed by atoms with Crippen LogP contribution in [0.15, 0.2) is 24.5 Å². The Kier molecular flexibility index (Phi) is 3.53. The van der Waals surface area contributed by atoms with Crippen LogP contribution in [0.5, 0.6) is 0 Å². The number of aromatic nitrogens is 1. The van der Waals surface area contributed by atoms with Crippen molar-refractivity contribution in [3.63, 3.8) is 0 Å². The Morgan fingerprint density at radius 3 is 3.24 bits per heavy atom. The van der Waals surface area contributed by atoms with E-state index in [4.69, 9.17) is 17.0 Å². The van der Waals surface area contributed by atoms with Gasteiger partial charge >= 0.3 is 6.09 Å². The quantitative estimate of drug-likeness (QED) is 0.822. The van der Waals surface area contributed by atoms with Gasteiger partial charge in [-0.05, 0) is 19.1 Å². The molecule has 17 heavy (non-hydrogen) atoms. The minimum atomic E-state index is -0.341. The third-order valence-electron chi connectivity index (χ3n) is 2.41. The summed E-state index contributed by atoms with van der Waals surface area (Å²) in [6.07, 6.45) is 2.79. The Bertz CT molecular complexity index is 424. The molecule has 6 heteroatoms. The van der Waals surface area contributed by atoms with Gasteiger partial charge in [-0.2, -0.15) is 0 Å². The average Bonchev–Trinajstić information content (AvgIpc) is 2.69. The molecule has 2 heterocycles. The summed E-state index contributed by atoms with van der Waals surface area (Å²) in [6.45, 7) is 2.85. The molecule has 0 spiro atoms. The summed E-state index contributed by atoms with van der Waals surface area (Å²) in [6, 6.07) is 3.61. The first-order valence-electron chi connectivity index (χ1n) is 5.29. The molecule has 1 aliphatic rings. The summed E-state index contributed by atoms with van der Waals surface area (Å²) in [4.78, 5) is 17.9. The van der Waals surface area contributed by atoms with Crippen molar-refractivity contribution in [3.05, 3.63) is 24.5 Å². The molecule has 90 valence electrons. The van der Waals surface area contributed by atoms with E-state index in [9.17, 15) is 4.79 Å². The van der Waals surface area contributed by atoms with Crippen molar-refractivity contribution >= 4 is 29.0 Å². The molecule has 5 nitrogen and oxygen atoms in total. The average molecular weight is 251 g/mol. The number of nitrogens with zero attached hydrogens (tertiary/aromatic N) is 2. The van der Waals surface area contributed by atoms with Crippen LogP contribution in [0.4, 0.5) is 10.5 Å². The van der Waals surface area contributed by atoms with E-state index < -0.39 is 0 Å². The maximum absolute atomic E-state index is 11.6. The van der Waals surface area contributed by atoms with Crippen LogP contribution in [0.3, 0.4) is 0 Å². The second-order valence-corrected chi connectivity index (χ2v) is 4.38. The van der Waals surface area contributed by atoms with Crippen molar-refractivity contribution in [2.24, 2.45) is 0 Å². The van der Waals surface area contributed by atoms with Crippen LogP contribution in [0.2, 0.25) is 0 Å². The zero-order valence-electron chi connectivity index (χ0n) is 9.42. The predicted molar refractivity (Wildman–Crippen MR) is 68.1 cm³/mol. The van der Waals surface area contributed by atoms with Gasteiger partial charge in [0, 0.05) is 6.20 Å². The lowest BCUT2D eigenvalue weighted by molar-refractivity contribution is 0.143. The molecule has 1 aliphatic heterocycles. The molecule has 1 N–H and O–H groups in total. The van der Waals surface area contributed by atoms with Crippen LogP contribution in [0, 0.1) is 0 Å². The van der Waals surface area contributed by atoms with Crippen molar-refractivity contribution in [2.45, 2.75) is 13.0 Å². The highest BCUT2D eigenvalue weighted by Crippen LogP contribution is 2.19. The lowest BCUT2D eigenvalue weighted by Gasteiger charge is -2.12. The summed E-state index contributed by atoms with van der Waals surface area (Å²) in [5.41, 5.74) is 0.749. The first kappa shape index (κ1) is 11.8. The summed E-state index contributed by atoms with van der Waals surface area (Å²) >= 11 is 4.91. The maximum atomic E-state index is 11.6. The van der Waals surface area contributed by atoms with Gasteiger partial charge in [-0.25, -0.2) is 4.79 Å². The molecule has 0 aromatic carbocycles. The van der Waals surface area contributed by atoms with Crippen LogP contribution < -0.4 is 10.2 Å². The number of nitrogens with one attached hydrogen (secondary N) is 1. The van der Waals surface area contributed by atoms with Gasteiger partial charge in [0.25, 0.3) is 0 Å². The molecule has 0 aliphatic carbocycles. The number of hydrogen-bond donors (Lipinski definition) is 1. The van der Waals surface area contributed by atoms with Crippen molar-refractivity contribution in [1.29, 1.82) is 0 Å². The van der Waals surface area contributed by atoms with Crippen LogP contribution in [-0.2, 0) is 4.74 Å². The second kappa shape index (κ2) is 5.09. The number of pyridine rings is 1. The van der Waals surface area contributed by atoms with E-state index in [1.165, 1.54) is 0 Å². The van der Waals surface area contributed by atoms with Gasteiger partial charge in [0.2, 0.25) is 0 Å². The fraction of sp³-hybridized carbons (Fsp3) is 0.364. The lowest BCUT2D eigenvalue weighted by atomic mass is 10.3. The molecule has 0 saturated carbocycles. The molecule has 1 aromatic rings. The molecule has 0 bridgehead atoms. The van der Waals surface area contributed by atoms with Gasteiger partial charge in [0.05, 0.1) is 30.0 Å². The van der Waals surface area contributed by atoms with E-state index in [0.717, 1.165) is 5.69 Å².